The van der Waals surface area contributed by atoms with Gasteiger partial charge in [-0.25, -0.2) is 0 Å². The number of halogens is 1. The second-order valence-electron chi connectivity index (χ2n) is 3.56. The molecule has 0 aliphatic rings. The van der Waals surface area contributed by atoms with E-state index in [2.05, 4.69) is 15.9 Å². The number of methoxy groups -OCH3 is 1. The predicted octanol–water partition coefficient (Wildman–Crippen LogP) is 3.94. The molecule has 0 atom stereocenters. The molecule has 0 amide bonds. The highest BCUT2D eigenvalue weighted by Crippen LogP contribution is 2.21. The fraction of sp³-hybridized carbons (Fsp3) is 0.154. The molecule has 1 heterocycles. The molecule has 88 valence electrons. The van der Waals surface area contributed by atoms with Crippen LogP contribution >= 0.6 is 27.3 Å². The van der Waals surface area contributed by atoms with E-state index in [0.717, 1.165) is 20.7 Å². The number of ketones is 1. The molecular formula is C13H11BrO2S. The van der Waals surface area contributed by atoms with Crippen LogP contribution in [0, 0.1) is 0 Å². The molecule has 0 radical (unpaired) electrons. The van der Waals surface area contributed by atoms with Crippen molar-refractivity contribution in [2.24, 2.45) is 0 Å². The standard InChI is InChI=1S/C13H11BrO2S/c1-16-11-4-2-9(3-5-11)13(15)7-12-6-10(14)8-17-12/h2-6,8H,7H2,1H3. The Morgan fingerprint density at radius 2 is 2.06 bits per heavy atom. The van der Waals surface area contributed by atoms with Crippen molar-refractivity contribution in [1.82, 2.24) is 0 Å². The number of hydrogen-bond donors (Lipinski definition) is 0. The van der Waals surface area contributed by atoms with E-state index in [4.69, 9.17) is 4.74 Å². The highest BCUT2D eigenvalue weighted by Gasteiger charge is 2.08. The molecule has 2 rings (SSSR count). The molecule has 2 aromatic rings. The molecule has 1 aromatic heterocycles. The van der Waals surface area contributed by atoms with Gasteiger partial charge in [-0.15, -0.1) is 11.3 Å². The van der Waals surface area contributed by atoms with Crippen molar-refractivity contribution >= 4 is 33.0 Å². The SMILES string of the molecule is COc1ccc(C(=O)Cc2cc(Br)cs2)cc1. The lowest BCUT2D eigenvalue weighted by molar-refractivity contribution is 0.0994. The van der Waals surface area contributed by atoms with Crippen molar-refractivity contribution in [3.63, 3.8) is 0 Å². The topological polar surface area (TPSA) is 26.3 Å². The molecule has 17 heavy (non-hydrogen) atoms. The van der Waals surface area contributed by atoms with E-state index >= 15 is 0 Å². The highest BCUT2D eigenvalue weighted by atomic mass is 79.9. The van der Waals surface area contributed by atoms with E-state index in [0.29, 0.717) is 6.42 Å². The number of rotatable bonds is 4. The molecule has 0 unspecified atom stereocenters. The van der Waals surface area contributed by atoms with Gasteiger partial charge in [0.15, 0.2) is 5.78 Å². The first-order valence-electron chi connectivity index (χ1n) is 5.09. The maximum absolute atomic E-state index is 12.0. The molecule has 0 saturated heterocycles. The van der Waals surface area contributed by atoms with Crippen LogP contribution in [-0.4, -0.2) is 12.9 Å². The summed E-state index contributed by atoms with van der Waals surface area (Å²) < 4.78 is 6.08. The second kappa shape index (κ2) is 5.47. The van der Waals surface area contributed by atoms with E-state index < -0.39 is 0 Å². The van der Waals surface area contributed by atoms with Crippen molar-refractivity contribution in [3.05, 3.63) is 50.6 Å². The van der Waals surface area contributed by atoms with Crippen LogP contribution in [-0.2, 0) is 6.42 Å². The summed E-state index contributed by atoms with van der Waals surface area (Å²) in [5.74, 6) is 0.891. The van der Waals surface area contributed by atoms with Crippen LogP contribution in [0.5, 0.6) is 5.75 Å². The van der Waals surface area contributed by atoms with Crippen LogP contribution in [0.3, 0.4) is 0 Å². The first kappa shape index (κ1) is 12.3. The van der Waals surface area contributed by atoms with Crippen LogP contribution in [0.2, 0.25) is 0 Å². The first-order valence-corrected chi connectivity index (χ1v) is 6.76. The van der Waals surface area contributed by atoms with Crippen LogP contribution in [0.1, 0.15) is 15.2 Å². The van der Waals surface area contributed by atoms with Gasteiger partial charge >= 0.3 is 0 Å². The molecule has 0 fully saturated rings. The van der Waals surface area contributed by atoms with Crippen LogP contribution < -0.4 is 4.74 Å². The summed E-state index contributed by atoms with van der Waals surface area (Å²) in [6.45, 7) is 0. The molecule has 0 spiro atoms. The summed E-state index contributed by atoms with van der Waals surface area (Å²) >= 11 is 4.97. The summed E-state index contributed by atoms with van der Waals surface area (Å²) in [7, 11) is 1.61. The zero-order valence-corrected chi connectivity index (χ0v) is 11.7. The zero-order chi connectivity index (χ0) is 12.3. The Kier molecular flexibility index (Phi) is 3.97. The van der Waals surface area contributed by atoms with Crippen molar-refractivity contribution in [2.75, 3.05) is 7.11 Å². The molecule has 2 nitrogen and oxygen atoms in total. The fourth-order valence-electron chi connectivity index (χ4n) is 1.48. The Labute approximate surface area is 112 Å². The Morgan fingerprint density at radius 3 is 2.59 bits per heavy atom. The molecule has 1 aromatic carbocycles. The quantitative estimate of drug-likeness (QED) is 0.799. The van der Waals surface area contributed by atoms with Gasteiger partial charge < -0.3 is 4.74 Å². The third-order valence-corrected chi connectivity index (χ3v) is 4.07. The van der Waals surface area contributed by atoms with E-state index in [-0.39, 0.29) is 5.78 Å². The highest BCUT2D eigenvalue weighted by molar-refractivity contribution is 9.10. The lowest BCUT2D eigenvalue weighted by Gasteiger charge is -2.01. The predicted molar refractivity (Wildman–Crippen MR) is 73.0 cm³/mol. The molecule has 4 heteroatoms. The number of carbonyl (C=O) groups excluding carboxylic acids is 1. The first-order chi connectivity index (χ1) is 8.19. The van der Waals surface area contributed by atoms with Crippen molar-refractivity contribution in [2.45, 2.75) is 6.42 Å². The summed E-state index contributed by atoms with van der Waals surface area (Å²) in [6, 6.07) is 9.18. The van der Waals surface area contributed by atoms with Gasteiger partial charge in [0, 0.05) is 26.7 Å². The second-order valence-corrected chi connectivity index (χ2v) is 5.47. The Hall–Kier alpha value is -1.13. The normalized spacial score (nSPS) is 10.2. The molecule has 0 aliphatic carbocycles. The monoisotopic (exact) mass is 310 g/mol. The minimum absolute atomic E-state index is 0.127. The average molecular weight is 311 g/mol. The summed E-state index contributed by atoms with van der Waals surface area (Å²) in [4.78, 5) is 13.0. The number of benzene rings is 1. The summed E-state index contributed by atoms with van der Waals surface area (Å²) in [5, 5.41) is 1.98. The fourth-order valence-corrected chi connectivity index (χ4v) is 2.93. The molecule has 0 saturated carbocycles. The minimum Gasteiger partial charge on any atom is -0.497 e. The zero-order valence-electron chi connectivity index (χ0n) is 9.27. The van der Waals surface area contributed by atoms with Gasteiger partial charge in [0.2, 0.25) is 0 Å². The van der Waals surface area contributed by atoms with E-state index in [1.807, 2.05) is 11.4 Å². The summed E-state index contributed by atoms with van der Waals surface area (Å²) in [5.41, 5.74) is 0.718. The van der Waals surface area contributed by atoms with Crippen LogP contribution in [0.4, 0.5) is 0 Å². The number of thiophene rings is 1. The Balaban J connectivity index is 2.09. The van der Waals surface area contributed by atoms with E-state index in [1.165, 1.54) is 0 Å². The van der Waals surface area contributed by atoms with Crippen LogP contribution in [0.15, 0.2) is 40.2 Å². The van der Waals surface area contributed by atoms with Crippen LogP contribution in [0.25, 0.3) is 0 Å². The Bertz CT molecular complexity index is 516. The number of hydrogen-bond acceptors (Lipinski definition) is 3. The molecule has 0 N–H and O–H groups in total. The van der Waals surface area contributed by atoms with Gasteiger partial charge in [-0.2, -0.15) is 0 Å². The maximum atomic E-state index is 12.0. The maximum Gasteiger partial charge on any atom is 0.168 e. The Morgan fingerprint density at radius 1 is 1.35 bits per heavy atom. The van der Waals surface area contributed by atoms with Gasteiger partial charge in [0.25, 0.3) is 0 Å². The van der Waals surface area contributed by atoms with E-state index in [1.54, 1.807) is 42.7 Å². The van der Waals surface area contributed by atoms with Crippen molar-refractivity contribution in [1.29, 1.82) is 0 Å². The molecule has 0 aliphatic heterocycles. The van der Waals surface area contributed by atoms with Gasteiger partial charge in [-0.3, -0.25) is 4.79 Å². The number of ether oxygens (including phenoxy) is 1. The minimum atomic E-state index is 0.127. The lowest BCUT2D eigenvalue weighted by atomic mass is 10.1. The molecular weight excluding hydrogens is 300 g/mol. The van der Waals surface area contributed by atoms with Gasteiger partial charge in [0.05, 0.1) is 7.11 Å². The summed E-state index contributed by atoms with van der Waals surface area (Å²) in [6.07, 6.45) is 0.447. The molecule has 0 bridgehead atoms. The smallest absolute Gasteiger partial charge is 0.168 e. The van der Waals surface area contributed by atoms with E-state index in [9.17, 15) is 4.79 Å². The third kappa shape index (κ3) is 3.17. The average Bonchev–Trinajstić information content (AvgIpc) is 2.75. The van der Waals surface area contributed by atoms with Gasteiger partial charge in [-0.05, 0) is 46.3 Å². The van der Waals surface area contributed by atoms with Gasteiger partial charge in [0.1, 0.15) is 5.75 Å². The number of Topliss-reactive ketones (excluding diaryl/α,β-unsaturated/α-hetero) is 1. The lowest BCUT2D eigenvalue weighted by Crippen LogP contribution is -2.01. The van der Waals surface area contributed by atoms with Crippen molar-refractivity contribution in [3.8, 4) is 5.75 Å². The van der Waals surface area contributed by atoms with Crippen molar-refractivity contribution < 1.29 is 9.53 Å². The largest absolute Gasteiger partial charge is 0.497 e. The van der Waals surface area contributed by atoms with Gasteiger partial charge in [-0.1, -0.05) is 0 Å². The number of carbonyl (C=O) groups is 1. The third-order valence-electron chi connectivity index (χ3n) is 2.37.